The maximum atomic E-state index is 12.3. The number of likely N-dealkylation sites (tertiary alicyclic amines) is 1. The Labute approximate surface area is 160 Å². The summed E-state index contributed by atoms with van der Waals surface area (Å²) in [4.78, 5) is 39.5. The lowest BCUT2D eigenvalue weighted by Gasteiger charge is -2.34. The van der Waals surface area contributed by atoms with Crippen LogP contribution in [0.25, 0.3) is 0 Å². The van der Waals surface area contributed by atoms with Gasteiger partial charge in [0.25, 0.3) is 0 Å². The van der Waals surface area contributed by atoms with Crippen LogP contribution in [0.15, 0.2) is 24.3 Å². The van der Waals surface area contributed by atoms with Crippen LogP contribution in [-0.2, 0) is 20.8 Å². The summed E-state index contributed by atoms with van der Waals surface area (Å²) in [7, 11) is 4.01. The van der Waals surface area contributed by atoms with Crippen LogP contribution in [-0.4, -0.2) is 61.9 Å². The van der Waals surface area contributed by atoms with E-state index in [9.17, 15) is 14.4 Å². The minimum Gasteiger partial charge on any atom is -0.378 e. The molecule has 2 aliphatic heterocycles. The molecule has 2 fully saturated rings. The van der Waals surface area contributed by atoms with Gasteiger partial charge in [0.2, 0.25) is 17.7 Å². The fourth-order valence-corrected chi connectivity index (χ4v) is 3.71. The van der Waals surface area contributed by atoms with Gasteiger partial charge in [-0.15, -0.1) is 0 Å². The molecule has 0 aliphatic carbocycles. The van der Waals surface area contributed by atoms with E-state index in [1.165, 1.54) is 0 Å². The molecule has 0 radical (unpaired) electrons. The van der Waals surface area contributed by atoms with Crippen molar-refractivity contribution in [1.29, 1.82) is 0 Å². The Kier molecular flexibility index (Phi) is 6.11. The smallest absolute Gasteiger partial charge is 0.244 e. The monoisotopic (exact) mass is 372 g/mol. The summed E-state index contributed by atoms with van der Waals surface area (Å²) in [6.45, 7) is 1.45. The Hall–Kier alpha value is -2.41. The highest BCUT2D eigenvalue weighted by molar-refractivity contribution is 6.05. The minimum absolute atomic E-state index is 0.0684. The van der Waals surface area contributed by atoms with E-state index < -0.39 is 0 Å². The molecule has 7 nitrogen and oxygen atoms in total. The van der Waals surface area contributed by atoms with Gasteiger partial charge in [-0.05, 0) is 37.0 Å². The number of aryl methyl sites for hydroxylation is 1. The molecule has 2 aliphatic rings. The first-order valence-electron chi connectivity index (χ1n) is 9.56. The van der Waals surface area contributed by atoms with E-state index in [1.54, 1.807) is 0 Å². The Morgan fingerprint density at radius 3 is 2.41 bits per heavy atom. The van der Waals surface area contributed by atoms with Gasteiger partial charge in [0, 0.05) is 45.3 Å². The van der Waals surface area contributed by atoms with E-state index in [-0.39, 0.29) is 36.2 Å². The highest BCUT2D eigenvalue weighted by atomic mass is 16.2. The summed E-state index contributed by atoms with van der Waals surface area (Å²) in [5.41, 5.74) is 2.30. The van der Waals surface area contributed by atoms with Gasteiger partial charge in [0.15, 0.2) is 0 Å². The third kappa shape index (κ3) is 5.07. The fourth-order valence-electron chi connectivity index (χ4n) is 3.71. The van der Waals surface area contributed by atoms with Gasteiger partial charge < -0.3 is 10.2 Å². The van der Waals surface area contributed by atoms with Crippen LogP contribution in [0.5, 0.6) is 0 Å². The second kappa shape index (κ2) is 8.52. The van der Waals surface area contributed by atoms with Crippen molar-refractivity contribution < 1.29 is 14.4 Å². The molecule has 1 atom stereocenters. The maximum absolute atomic E-state index is 12.3. The molecule has 1 aromatic carbocycles. The summed E-state index contributed by atoms with van der Waals surface area (Å²) < 4.78 is 0. The van der Waals surface area contributed by atoms with Crippen molar-refractivity contribution in [3.05, 3.63) is 29.8 Å². The van der Waals surface area contributed by atoms with Crippen molar-refractivity contribution >= 4 is 23.4 Å². The van der Waals surface area contributed by atoms with Crippen molar-refractivity contribution in [3.8, 4) is 0 Å². The molecule has 1 unspecified atom stereocenters. The Morgan fingerprint density at radius 2 is 1.85 bits per heavy atom. The number of carbonyl (C=O) groups excluding carboxylic acids is 3. The number of piperidine rings is 1. The topological polar surface area (TPSA) is 81.8 Å². The molecule has 3 amide bonds. The lowest BCUT2D eigenvalue weighted by molar-refractivity contribution is -0.127. The van der Waals surface area contributed by atoms with Crippen molar-refractivity contribution in [2.75, 3.05) is 32.1 Å². The first-order chi connectivity index (χ1) is 12.9. The number of amides is 3. The first kappa shape index (κ1) is 19.4. The van der Waals surface area contributed by atoms with Crippen LogP contribution >= 0.6 is 0 Å². The summed E-state index contributed by atoms with van der Waals surface area (Å²) in [6.07, 6.45) is 3.06. The molecular weight excluding hydrogens is 344 g/mol. The molecule has 0 spiro atoms. The zero-order chi connectivity index (χ0) is 19.4. The van der Waals surface area contributed by atoms with Gasteiger partial charge >= 0.3 is 0 Å². The summed E-state index contributed by atoms with van der Waals surface area (Å²) in [5.74, 6) is -0.319. The predicted molar refractivity (Wildman–Crippen MR) is 103 cm³/mol. The number of carbonyl (C=O) groups is 3. The van der Waals surface area contributed by atoms with Crippen LogP contribution in [0.3, 0.4) is 0 Å². The minimum atomic E-state index is -0.334. The third-order valence-electron chi connectivity index (χ3n) is 5.37. The van der Waals surface area contributed by atoms with E-state index >= 15 is 0 Å². The molecule has 2 N–H and O–H groups in total. The van der Waals surface area contributed by atoms with Crippen LogP contribution in [0.2, 0.25) is 0 Å². The van der Waals surface area contributed by atoms with Crippen molar-refractivity contribution in [2.45, 2.75) is 44.2 Å². The van der Waals surface area contributed by atoms with Gasteiger partial charge in [-0.25, -0.2) is 0 Å². The van der Waals surface area contributed by atoms with E-state index in [4.69, 9.17) is 0 Å². The number of nitrogens with one attached hydrogen (secondary N) is 2. The molecule has 2 saturated heterocycles. The maximum Gasteiger partial charge on any atom is 0.244 e. The second-order valence-corrected chi connectivity index (χ2v) is 7.57. The SMILES string of the molecule is CN(C)c1ccc(CCC(=O)NC2CCN(C3CC(=O)NC3=O)CC2)cc1. The van der Waals surface area contributed by atoms with E-state index in [0.717, 1.165) is 43.6 Å². The first-order valence-corrected chi connectivity index (χ1v) is 9.56. The lowest BCUT2D eigenvalue weighted by Crippen LogP contribution is -2.49. The zero-order valence-corrected chi connectivity index (χ0v) is 16.0. The van der Waals surface area contributed by atoms with Crippen LogP contribution in [0.1, 0.15) is 31.2 Å². The molecule has 0 aromatic heterocycles. The van der Waals surface area contributed by atoms with Crippen molar-refractivity contribution in [2.24, 2.45) is 0 Å². The highest BCUT2D eigenvalue weighted by Crippen LogP contribution is 2.18. The Morgan fingerprint density at radius 1 is 1.19 bits per heavy atom. The Balaban J connectivity index is 1.39. The predicted octanol–water partition coefficient (Wildman–Crippen LogP) is 0.681. The average molecular weight is 372 g/mol. The summed E-state index contributed by atoms with van der Waals surface area (Å²) in [6, 6.07) is 8.06. The van der Waals surface area contributed by atoms with Gasteiger partial charge in [-0.2, -0.15) is 0 Å². The summed E-state index contributed by atoms with van der Waals surface area (Å²) >= 11 is 0. The number of hydrogen-bond donors (Lipinski definition) is 2. The fraction of sp³-hybridized carbons (Fsp3) is 0.550. The van der Waals surface area contributed by atoms with Gasteiger partial charge in [-0.1, -0.05) is 12.1 Å². The van der Waals surface area contributed by atoms with Crippen LogP contribution < -0.4 is 15.5 Å². The number of benzene rings is 1. The molecule has 0 saturated carbocycles. The Bertz CT molecular complexity index is 694. The molecule has 27 heavy (non-hydrogen) atoms. The third-order valence-corrected chi connectivity index (χ3v) is 5.37. The summed E-state index contributed by atoms with van der Waals surface area (Å²) in [5, 5.41) is 5.47. The van der Waals surface area contributed by atoms with E-state index in [2.05, 4.69) is 39.8 Å². The largest absolute Gasteiger partial charge is 0.378 e. The number of anilines is 1. The average Bonchev–Trinajstić information content (AvgIpc) is 2.99. The quantitative estimate of drug-likeness (QED) is 0.718. The lowest BCUT2D eigenvalue weighted by atomic mass is 10.0. The molecular formula is C20H28N4O3. The molecule has 7 heteroatoms. The van der Waals surface area contributed by atoms with E-state index in [0.29, 0.717) is 6.42 Å². The zero-order valence-electron chi connectivity index (χ0n) is 16.0. The molecule has 0 bridgehead atoms. The van der Waals surface area contributed by atoms with Crippen molar-refractivity contribution in [1.82, 2.24) is 15.5 Å². The molecule has 1 aromatic rings. The number of hydrogen-bond acceptors (Lipinski definition) is 5. The normalized spacial score (nSPS) is 21.2. The standard InChI is InChI=1S/C20H28N4O3/c1-23(2)16-6-3-14(4-7-16)5-8-18(25)21-15-9-11-24(12-10-15)17-13-19(26)22-20(17)27/h3-4,6-7,15,17H,5,8-13H2,1-2H3,(H,21,25)(H,22,26,27). The van der Waals surface area contributed by atoms with Crippen molar-refractivity contribution in [3.63, 3.8) is 0 Å². The number of rotatable bonds is 6. The number of imide groups is 1. The van der Waals surface area contributed by atoms with Crippen LogP contribution in [0.4, 0.5) is 5.69 Å². The molecule has 3 rings (SSSR count). The van der Waals surface area contributed by atoms with Gasteiger partial charge in [0.1, 0.15) is 0 Å². The van der Waals surface area contributed by atoms with Crippen LogP contribution in [0, 0.1) is 0 Å². The second-order valence-electron chi connectivity index (χ2n) is 7.57. The van der Waals surface area contributed by atoms with Gasteiger partial charge in [-0.3, -0.25) is 24.6 Å². The number of nitrogens with zero attached hydrogens (tertiary/aromatic N) is 2. The molecule has 2 heterocycles. The highest BCUT2D eigenvalue weighted by Gasteiger charge is 2.36. The van der Waals surface area contributed by atoms with E-state index in [1.807, 2.05) is 19.0 Å². The molecule has 146 valence electrons. The van der Waals surface area contributed by atoms with Gasteiger partial charge in [0.05, 0.1) is 12.5 Å².